The van der Waals surface area contributed by atoms with Crippen molar-refractivity contribution in [2.45, 2.75) is 32.1 Å². The van der Waals surface area contributed by atoms with Crippen molar-refractivity contribution in [1.29, 1.82) is 0 Å². The molecular weight excluding hydrogens is 364 g/mol. The lowest BCUT2D eigenvalue weighted by molar-refractivity contribution is -0.130. The average Bonchev–Trinajstić information content (AvgIpc) is 2.52. The van der Waals surface area contributed by atoms with E-state index in [1.807, 2.05) is 24.1 Å². The Morgan fingerprint density at radius 2 is 1.91 bits per heavy atom. The molecule has 1 aliphatic rings. The average molecular weight is 390 g/mol. The van der Waals surface area contributed by atoms with Crippen molar-refractivity contribution in [1.82, 2.24) is 10.2 Å². The first-order chi connectivity index (χ1) is 10.1. The minimum absolute atomic E-state index is 0. The predicted octanol–water partition coefficient (Wildman–Crippen LogP) is 3.65. The van der Waals surface area contributed by atoms with Gasteiger partial charge in [-0.05, 0) is 62.4 Å². The van der Waals surface area contributed by atoms with Gasteiger partial charge in [0.05, 0.1) is 0 Å². The van der Waals surface area contributed by atoms with E-state index in [2.05, 4.69) is 33.4 Å². The van der Waals surface area contributed by atoms with Gasteiger partial charge >= 0.3 is 0 Å². The van der Waals surface area contributed by atoms with E-state index in [1.165, 1.54) is 18.4 Å². The molecule has 1 heterocycles. The molecule has 0 aliphatic carbocycles. The Hall–Kier alpha value is -0.580. The molecule has 124 valence electrons. The Morgan fingerprint density at radius 1 is 1.27 bits per heavy atom. The largest absolute Gasteiger partial charge is 0.345 e. The maximum Gasteiger partial charge on any atom is 0.222 e. The summed E-state index contributed by atoms with van der Waals surface area (Å²) in [6, 6.07) is 8.32. The second kappa shape index (κ2) is 10.2. The van der Waals surface area contributed by atoms with Crippen LogP contribution in [0, 0.1) is 5.92 Å². The lowest BCUT2D eigenvalue weighted by Gasteiger charge is -2.23. The molecule has 0 aromatic heterocycles. The number of amides is 1. The Kier molecular flexibility index (Phi) is 9.06. The van der Waals surface area contributed by atoms with Gasteiger partial charge in [0.2, 0.25) is 5.91 Å². The third-order valence-electron chi connectivity index (χ3n) is 4.30. The second-order valence-electron chi connectivity index (χ2n) is 5.92. The van der Waals surface area contributed by atoms with E-state index in [0.29, 0.717) is 6.42 Å². The van der Waals surface area contributed by atoms with Gasteiger partial charge in [0.1, 0.15) is 0 Å². The molecule has 3 nitrogen and oxygen atoms in total. The molecule has 2 rings (SSSR count). The third kappa shape index (κ3) is 6.67. The summed E-state index contributed by atoms with van der Waals surface area (Å²) in [5.41, 5.74) is 1.27. The molecule has 1 aromatic rings. The summed E-state index contributed by atoms with van der Waals surface area (Å²) >= 11 is 3.44. The van der Waals surface area contributed by atoms with Crippen LogP contribution in [0.5, 0.6) is 0 Å². The first-order valence-electron chi connectivity index (χ1n) is 7.84. The van der Waals surface area contributed by atoms with Gasteiger partial charge in [-0.3, -0.25) is 4.79 Å². The number of hydrogen-bond donors (Lipinski definition) is 1. The summed E-state index contributed by atoms with van der Waals surface area (Å²) in [5.74, 6) is 1.01. The molecule has 0 spiro atoms. The summed E-state index contributed by atoms with van der Waals surface area (Å²) in [5, 5.41) is 3.37. The minimum atomic E-state index is 0. The lowest BCUT2D eigenvalue weighted by Crippen LogP contribution is -2.31. The first kappa shape index (κ1) is 19.5. The van der Waals surface area contributed by atoms with Crippen molar-refractivity contribution < 1.29 is 4.79 Å². The fourth-order valence-corrected chi connectivity index (χ4v) is 3.03. The quantitative estimate of drug-likeness (QED) is 0.805. The highest BCUT2D eigenvalue weighted by Crippen LogP contribution is 2.18. The van der Waals surface area contributed by atoms with Crippen molar-refractivity contribution >= 4 is 34.2 Å². The molecule has 1 saturated heterocycles. The molecule has 0 bridgehead atoms. The molecule has 0 radical (unpaired) electrons. The fourth-order valence-electron chi connectivity index (χ4n) is 2.76. The highest BCUT2D eigenvalue weighted by molar-refractivity contribution is 9.10. The maximum atomic E-state index is 12.2. The molecule has 1 N–H and O–H groups in total. The standard InChI is InChI=1S/C17H25BrN2O.ClH/c1-20(13-10-14-2-5-16(18)6-3-14)17(21)7-4-15-8-11-19-12-9-15;/h2-3,5-6,15,19H,4,7-13H2,1H3;1H. The van der Waals surface area contributed by atoms with Crippen molar-refractivity contribution in [3.05, 3.63) is 34.3 Å². The molecule has 1 amide bonds. The van der Waals surface area contributed by atoms with Crippen molar-refractivity contribution in [2.24, 2.45) is 5.92 Å². The van der Waals surface area contributed by atoms with Crippen LogP contribution in [0.2, 0.25) is 0 Å². The van der Waals surface area contributed by atoms with E-state index in [1.54, 1.807) is 0 Å². The SMILES string of the molecule is CN(CCc1ccc(Br)cc1)C(=O)CCC1CCNCC1.Cl. The number of carbonyl (C=O) groups excluding carboxylic acids is 1. The van der Waals surface area contributed by atoms with Crippen molar-refractivity contribution in [3.63, 3.8) is 0 Å². The zero-order chi connectivity index (χ0) is 15.1. The highest BCUT2D eigenvalue weighted by atomic mass is 79.9. The molecular formula is C17H26BrClN2O. The van der Waals surface area contributed by atoms with Crippen LogP contribution in [0.1, 0.15) is 31.2 Å². The van der Waals surface area contributed by atoms with E-state index < -0.39 is 0 Å². The van der Waals surface area contributed by atoms with Crippen LogP contribution in [0.25, 0.3) is 0 Å². The van der Waals surface area contributed by atoms with Crippen LogP contribution in [0.15, 0.2) is 28.7 Å². The van der Waals surface area contributed by atoms with Gasteiger partial charge in [-0.1, -0.05) is 28.1 Å². The number of hydrogen-bond acceptors (Lipinski definition) is 2. The van der Waals surface area contributed by atoms with Crippen LogP contribution in [-0.2, 0) is 11.2 Å². The molecule has 1 fully saturated rings. The lowest BCUT2D eigenvalue weighted by atomic mass is 9.93. The molecule has 5 heteroatoms. The summed E-state index contributed by atoms with van der Waals surface area (Å²) in [6.07, 6.45) is 5.10. The number of rotatable bonds is 6. The zero-order valence-electron chi connectivity index (χ0n) is 13.2. The Balaban J connectivity index is 0.00000242. The molecule has 0 unspecified atom stereocenters. The van der Waals surface area contributed by atoms with E-state index in [4.69, 9.17) is 0 Å². The maximum absolute atomic E-state index is 12.2. The van der Waals surface area contributed by atoms with Crippen LogP contribution < -0.4 is 5.32 Å². The molecule has 22 heavy (non-hydrogen) atoms. The van der Waals surface area contributed by atoms with Crippen LogP contribution in [0.4, 0.5) is 0 Å². The van der Waals surface area contributed by atoms with Gasteiger partial charge in [0.15, 0.2) is 0 Å². The molecule has 0 atom stereocenters. The predicted molar refractivity (Wildman–Crippen MR) is 97.6 cm³/mol. The summed E-state index contributed by atoms with van der Waals surface area (Å²) < 4.78 is 1.10. The van der Waals surface area contributed by atoms with Crippen LogP contribution in [-0.4, -0.2) is 37.5 Å². The Bertz CT molecular complexity index is 446. The minimum Gasteiger partial charge on any atom is -0.345 e. The third-order valence-corrected chi connectivity index (χ3v) is 4.83. The normalized spacial score (nSPS) is 15.2. The van der Waals surface area contributed by atoms with Crippen LogP contribution >= 0.6 is 28.3 Å². The fraction of sp³-hybridized carbons (Fsp3) is 0.588. The van der Waals surface area contributed by atoms with Crippen molar-refractivity contribution in [3.8, 4) is 0 Å². The molecule has 0 saturated carbocycles. The van der Waals surface area contributed by atoms with Gasteiger partial charge in [-0.25, -0.2) is 0 Å². The number of carbonyl (C=O) groups is 1. The van der Waals surface area contributed by atoms with Crippen molar-refractivity contribution in [2.75, 3.05) is 26.7 Å². The van der Waals surface area contributed by atoms with Crippen LogP contribution in [0.3, 0.4) is 0 Å². The summed E-state index contributed by atoms with van der Waals surface area (Å²) in [7, 11) is 1.92. The Labute approximate surface area is 148 Å². The van der Waals surface area contributed by atoms with E-state index >= 15 is 0 Å². The van der Waals surface area contributed by atoms with E-state index in [9.17, 15) is 4.79 Å². The van der Waals surface area contributed by atoms with E-state index in [0.717, 1.165) is 42.9 Å². The number of nitrogens with zero attached hydrogens (tertiary/aromatic N) is 1. The highest BCUT2D eigenvalue weighted by Gasteiger charge is 2.16. The van der Waals surface area contributed by atoms with Gasteiger partial charge in [0.25, 0.3) is 0 Å². The number of halogens is 2. The van der Waals surface area contributed by atoms with Gasteiger partial charge in [-0.2, -0.15) is 0 Å². The van der Waals surface area contributed by atoms with Gasteiger partial charge < -0.3 is 10.2 Å². The molecule has 1 aliphatic heterocycles. The summed E-state index contributed by atoms with van der Waals surface area (Å²) in [4.78, 5) is 14.0. The number of benzene rings is 1. The summed E-state index contributed by atoms with van der Waals surface area (Å²) in [6.45, 7) is 3.02. The smallest absolute Gasteiger partial charge is 0.222 e. The second-order valence-corrected chi connectivity index (χ2v) is 6.84. The monoisotopic (exact) mass is 388 g/mol. The van der Waals surface area contributed by atoms with Gasteiger partial charge in [0, 0.05) is 24.5 Å². The zero-order valence-corrected chi connectivity index (χ0v) is 15.6. The Morgan fingerprint density at radius 3 is 2.55 bits per heavy atom. The first-order valence-corrected chi connectivity index (χ1v) is 8.63. The van der Waals surface area contributed by atoms with Gasteiger partial charge in [-0.15, -0.1) is 12.4 Å². The number of likely N-dealkylation sites (N-methyl/N-ethyl adjacent to an activating group) is 1. The molecule has 1 aromatic carbocycles. The topological polar surface area (TPSA) is 32.3 Å². The number of piperidine rings is 1. The van der Waals surface area contributed by atoms with E-state index in [-0.39, 0.29) is 18.3 Å². The number of nitrogens with one attached hydrogen (secondary N) is 1.